The Bertz CT molecular complexity index is 594. The van der Waals surface area contributed by atoms with Crippen LogP contribution in [0.15, 0.2) is 42.5 Å². The van der Waals surface area contributed by atoms with Gasteiger partial charge < -0.3 is 10.2 Å². The fourth-order valence-electron chi connectivity index (χ4n) is 2.43. The molecule has 2 aromatic rings. The van der Waals surface area contributed by atoms with Crippen LogP contribution >= 0.6 is 0 Å². The summed E-state index contributed by atoms with van der Waals surface area (Å²) in [5.74, 6) is 1.46. The number of hydrogen-bond acceptors (Lipinski definition) is 3. The molecule has 0 atom stereocenters. The third-order valence-electron chi connectivity index (χ3n) is 3.68. The van der Waals surface area contributed by atoms with Crippen molar-refractivity contribution < 1.29 is 4.74 Å². The number of para-hydroxylation sites is 1. The average molecular weight is 298 g/mol. The second-order valence-corrected chi connectivity index (χ2v) is 5.75. The molecule has 0 fully saturated rings. The van der Waals surface area contributed by atoms with E-state index in [4.69, 9.17) is 4.74 Å². The van der Waals surface area contributed by atoms with Gasteiger partial charge in [-0.1, -0.05) is 38.1 Å². The van der Waals surface area contributed by atoms with E-state index in [1.54, 1.807) is 0 Å². The summed E-state index contributed by atoms with van der Waals surface area (Å²) in [4.78, 5) is 0. The molecule has 0 aliphatic carbocycles. The summed E-state index contributed by atoms with van der Waals surface area (Å²) in [5, 5.41) is 0. The van der Waals surface area contributed by atoms with Gasteiger partial charge in [-0.2, -0.15) is 0 Å². The highest BCUT2D eigenvalue weighted by atomic mass is 16.5. The number of anilines is 1. The van der Waals surface area contributed by atoms with Gasteiger partial charge in [-0.05, 0) is 54.7 Å². The van der Waals surface area contributed by atoms with E-state index in [9.17, 15) is 0 Å². The van der Waals surface area contributed by atoms with Crippen LogP contribution in [0.4, 0.5) is 5.69 Å². The Morgan fingerprint density at radius 1 is 1.09 bits per heavy atom. The van der Waals surface area contributed by atoms with Gasteiger partial charge in [0, 0.05) is 12.2 Å². The van der Waals surface area contributed by atoms with E-state index in [1.165, 1.54) is 16.7 Å². The predicted octanol–water partition coefficient (Wildman–Crippen LogP) is 4.63. The van der Waals surface area contributed by atoms with Crippen LogP contribution in [0.3, 0.4) is 0 Å². The predicted molar refractivity (Wildman–Crippen MR) is 93.3 cm³/mol. The van der Waals surface area contributed by atoms with Gasteiger partial charge >= 0.3 is 0 Å². The smallest absolute Gasteiger partial charge is 0.123 e. The molecule has 0 unspecified atom stereocenters. The largest absolute Gasteiger partial charge is 0.494 e. The summed E-state index contributed by atoms with van der Waals surface area (Å²) in [7, 11) is 0. The molecule has 22 heavy (non-hydrogen) atoms. The molecule has 2 N–H and O–H groups in total. The van der Waals surface area contributed by atoms with Gasteiger partial charge in [0.25, 0.3) is 0 Å². The molecule has 0 spiro atoms. The summed E-state index contributed by atoms with van der Waals surface area (Å²) in [6, 6.07) is 14.5. The minimum Gasteiger partial charge on any atom is -0.494 e. The van der Waals surface area contributed by atoms with E-state index in [0.717, 1.165) is 18.0 Å². The van der Waals surface area contributed by atoms with Crippen molar-refractivity contribution in [1.29, 1.82) is 0 Å². The lowest BCUT2D eigenvalue weighted by Gasteiger charge is -2.18. The Hall–Kier alpha value is -2.00. The molecule has 0 aliphatic heterocycles. The molecule has 118 valence electrons. The fraction of sp³-hybridized carbons (Fsp3) is 0.368. The third-order valence-corrected chi connectivity index (χ3v) is 3.68. The molecular formula is C19H26N2O. The first kappa shape index (κ1) is 16.4. The van der Waals surface area contributed by atoms with E-state index in [2.05, 4.69) is 43.8 Å². The molecular weight excluding hydrogens is 272 g/mol. The molecule has 3 nitrogen and oxygen atoms in total. The number of ether oxygens (including phenoxy) is 1. The standard InChI is InChI=1S/C19H26N2O/c1-5-22-19-11-15(4)16(12-18(19)14(2)3)13-20-21-17-9-7-6-8-10-17/h6-12,14,20-21H,5,13H2,1-4H3. The van der Waals surface area contributed by atoms with E-state index in [-0.39, 0.29) is 0 Å². The Balaban J connectivity index is 2.08. The van der Waals surface area contributed by atoms with Crippen LogP contribution in [-0.2, 0) is 6.54 Å². The minimum absolute atomic E-state index is 0.447. The third kappa shape index (κ3) is 4.25. The van der Waals surface area contributed by atoms with Gasteiger partial charge in [-0.3, -0.25) is 0 Å². The van der Waals surface area contributed by atoms with Crippen LogP contribution in [0.5, 0.6) is 5.75 Å². The molecule has 0 radical (unpaired) electrons. The highest BCUT2D eigenvalue weighted by Crippen LogP contribution is 2.30. The van der Waals surface area contributed by atoms with Crippen LogP contribution in [0.2, 0.25) is 0 Å². The number of nitrogens with one attached hydrogen (secondary N) is 2. The second-order valence-electron chi connectivity index (χ2n) is 5.75. The molecule has 0 amide bonds. The van der Waals surface area contributed by atoms with Crippen LogP contribution in [0.1, 0.15) is 43.4 Å². The first-order chi connectivity index (χ1) is 10.6. The van der Waals surface area contributed by atoms with Crippen molar-refractivity contribution in [1.82, 2.24) is 5.43 Å². The topological polar surface area (TPSA) is 33.3 Å². The number of rotatable bonds is 7. The summed E-state index contributed by atoms with van der Waals surface area (Å²) >= 11 is 0. The summed E-state index contributed by atoms with van der Waals surface area (Å²) < 4.78 is 5.77. The van der Waals surface area contributed by atoms with Crippen molar-refractivity contribution in [3.8, 4) is 5.75 Å². The molecule has 2 aromatic carbocycles. The van der Waals surface area contributed by atoms with E-state index in [0.29, 0.717) is 12.5 Å². The second kappa shape index (κ2) is 7.85. The highest BCUT2D eigenvalue weighted by Gasteiger charge is 2.11. The Morgan fingerprint density at radius 2 is 1.82 bits per heavy atom. The van der Waals surface area contributed by atoms with Gasteiger partial charge in [0.05, 0.1) is 6.61 Å². The first-order valence-electron chi connectivity index (χ1n) is 7.92. The minimum atomic E-state index is 0.447. The molecule has 0 heterocycles. The monoisotopic (exact) mass is 298 g/mol. The van der Waals surface area contributed by atoms with Gasteiger partial charge in [0.1, 0.15) is 5.75 Å². The van der Waals surface area contributed by atoms with E-state index in [1.807, 2.05) is 37.3 Å². The van der Waals surface area contributed by atoms with Crippen molar-refractivity contribution in [3.63, 3.8) is 0 Å². The normalized spacial score (nSPS) is 10.8. The summed E-state index contributed by atoms with van der Waals surface area (Å²) in [6.07, 6.45) is 0. The Kier molecular flexibility index (Phi) is 5.84. The Labute approximate surface area is 133 Å². The van der Waals surface area contributed by atoms with Crippen molar-refractivity contribution in [2.24, 2.45) is 0 Å². The Morgan fingerprint density at radius 3 is 2.45 bits per heavy atom. The molecule has 0 saturated carbocycles. The zero-order chi connectivity index (χ0) is 15.9. The fourth-order valence-corrected chi connectivity index (χ4v) is 2.43. The lowest BCUT2D eigenvalue weighted by molar-refractivity contribution is 0.335. The first-order valence-corrected chi connectivity index (χ1v) is 7.92. The number of hydrogen-bond donors (Lipinski definition) is 2. The van der Waals surface area contributed by atoms with Crippen molar-refractivity contribution in [3.05, 3.63) is 59.2 Å². The molecule has 0 aliphatic rings. The van der Waals surface area contributed by atoms with Gasteiger partial charge in [-0.25, -0.2) is 5.43 Å². The molecule has 0 bridgehead atoms. The lowest BCUT2D eigenvalue weighted by atomic mass is 9.96. The quantitative estimate of drug-likeness (QED) is 0.731. The van der Waals surface area contributed by atoms with E-state index >= 15 is 0 Å². The maximum atomic E-state index is 5.77. The van der Waals surface area contributed by atoms with Crippen molar-refractivity contribution in [2.45, 2.75) is 40.2 Å². The summed E-state index contributed by atoms with van der Waals surface area (Å²) in [5.41, 5.74) is 11.4. The maximum absolute atomic E-state index is 5.77. The van der Waals surface area contributed by atoms with Crippen LogP contribution < -0.4 is 15.6 Å². The van der Waals surface area contributed by atoms with Crippen LogP contribution in [0, 0.1) is 6.92 Å². The van der Waals surface area contributed by atoms with Crippen LogP contribution in [-0.4, -0.2) is 6.61 Å². The van der Waals surface area contributed by atoms with Crippen molar-refractivity contribution >= 4 is 5.69 Å². The zero-order valence-electron chi connectivity index (χ0n) is 13.9. The highest BCUT2D eigenvalue weighted by molar-refractivity contribution is 5.45. The van der Waals surface area contributed by atoms with E-state index < -0.39 is 0 Å². The molecule has 0 saturated heterocycles. The van der Waals surface area contributed by atoms with Gasteiger partial charge in [0.15, 0.2) is 0 Å². The maximum Gasteiger partial charge on any atom is 0.123 e. The SMILES string of the molecule is CCOc1cc(C)c(CNNc2ccccc2)cc1C(C)C. The average Bonchev–Trinajstić information content (AvgIpc) is 2.50. The number of aryl methyl sites for hydroxylation is 1. The lowest BCUT2D eigenvalue weighted by Crippen LogP contribution is -2.21. The molecule has 0 aromatic heterocycles. The molecule has 2 rings (SSSR count). The van der Waals surface area contributed by atoms with Crippen LogP contribution in [0.25, 0.3) is 0 Å². The number of hydrazine groups is 1. The zero-order valence-corrected chi connectivity index (χ0v) is 13.9. The molecule has 3 heteroatoms. The van der Waals surface area contributed by atoms with Gasteiger partial charge in [0.2, 0.25) is 0 Å². The number of benzene rings is 2. The van der Waals surface area contributed by atoms with Crippen molar-refractivity contribution in [2.75, 3.05) is 12.0 Å². The summed E-state index contributed by atoms with van der Waals surface area (Å²) in [6.45, 7) is 10.0. The van der Waals surface area contributed by atoms with Gasteiger partial charge in [-0.15, -0.1) is 0 Å².